The van der Waals surface area contributed by atoms with Crippen LogP contribution >= 0.6 is 0 Å². The Labute approximate surface area is 179 Å². The molecule has 0 radical (unpaired) electrons. The lowest BCUT2D eigenvalue weighted by atomic mass is 10.2. The Morgan fingerprint density at radius 1 is 0.871 bits per heavy atom. The number of aromatic carboxylic acids is 2. The van der Waals surface area contributed by atoms with Crippen LogP contribution < -0.4 is 0 Å². The molecule has 0 spiro atoms. The number of ether oxygens (including phenoxy) is 2. The van der Waals surface area contributed by atoms with Crippen molar-refractivity contribution in [2.45, 2.75) is 40.7 Å². The van der Waals surface area contributed by atoms with Gasteiger partial charge in [0.05, 0.1) is 23.8 Å². The monoisotopic (exact) mass is 434 g/mol. The molecule has 0 bridgehead atoms. The lowest BCUT2D eigenvalue weighted by Gasteiger charge is -2.06. The van der Waals surface area contributed by atoms with Gasteiger partial charge >= 0.3 is 23.9 Å². The Morgan fingerprint density at radius 3 is 1.65 bits per heavy atom. The Morgan fingerprint density at radius 2 is 1.29 bits per heavy atom. The van der Waals surface area contributed by atoms with Crippen LogP contribution in [-0.4, -0.2) is 56.8 Å². The number of rotatable bonds is 6. The molecule has 0 aliphatic carbocycles. The average molecular weight is 434 g/mol. The maximum atomic E-state index is 11.4. The minimum atomic E-state index is -1.10. The lowest BCUT2D eigenvalue weighted by Crippen LogP contribution is -2.13. The number of carbonyl (C=O) groups excluding carboxylic acids is 2. The summed E-state index contributed by atoms with van der Waals surface area (Å²) in [4.78, 5) is 51.1. The highest BCUT2D eigenvalue weighted by molar-refractivity contribution is 5.93. The summed E-state index contributed by atoms with van der Waals surface area (Å²) in [5.41, 5.74) is 0.0408. The van der Waals surface area contributed by atoms with Gasteiger partial charge in [-0.05, 0) is 45.0 Å². The van der Waals surface area contributed by atoms with Gasteiger partial charge in [0.25, 0.3) is 0 Å². The van der Waals surface area contributed by atoms with Gasteiger partial charge in [0.1, 0.15) is 11.4 Å². The van der Waals surface area contributed by atoms with Crippen molar-refractivity contribution >= 4 is 23.9 Å². The molecule has 0 atom stereocenters. The predicted octanol–water partition coefficient (Wildman–Crippen LogP) is 3.33. The van der Waals surface area contributed by atoms with E-state index in [1.807, 2.05) is 13.8 Å². The van der Waals surface area contributed by atoms with Gasteiger partial charge < -0.3 is 19.7 Å². The van der Waals surface area contributed by atoms with Crippen LogP contribution in [-0.2, 0) is 9.47 Å². The minimum Gasteiger partial charge on any atom is -0.478 e. The summed E-state index contributed by atoms with van der Waals surface area (Å²) < 4.78 is 9.54. The molecule has 2 N–H and O–H groups in total. The molecular formula is C21H26N2O8. The van der Waals surface area contributed by atoms with Crippen LogP contribution in [0.5, 0.6) is 0 Å². The van der Waals surface area contributed by atoms with Crippen LogP contribution in [0.25, 0.3) is 0 Å². The second-order valence-corrected chi connectivity index (χ2v) is 5.64. The van der Waals surface area contributed by atoms with Crippen LogP contribution in [0, 0.1) is 0 Å². The Kier molecular flexibility index (Phi) is 12.5. The maximum Gasteiger partial charge on any atom is 0.357 e. The molecule has 10 nitrogen and oxygen atoms in total. The second-order valence-electron chi connectivity index (χ2n) is 5.64. The van der Waals surface area contributed by atoms with Gasteiger partial charge in [-0.25, -0.2) is 29.1 Å². The third-order valence-electron chi connectivity index (χ3n) is 3.05. The van der Waals surface area contributed by atoms with E-state index in [1.54, 1.807) is 20.8 Å². The first-order valence-electron chi connectivity index (χ1n) is 9.42. The number of hydrogen-bond donors (Lipinski definition) is 2. The van der Waals surface area contributed by atoms with Crippen LogP contribution in [0.1, 0.15) is 76.3 Å². The summed E-state index contributed by atoms with van der Waals surface area (Å²) in [5, 5.41) is 17.3. The molecule has 2 aromatic heterocycles. The minimum absolute atomic E-state index is 0.00333. The van der Waals surface area contributed by atoms with E-state index < -0.39 is 23.9 Å². The number of carbonyl (C=O) groups is 4. The van der Waals surface area contributed by atoms with Gasteiger partial charge in [0, 0.05) is 12.4 Å². The standard InChI is InChI=1S/C10H11NO4.C9H9NO4.C2H6/c1-6(2)15-10(14)8-5-7(9(12)13)3-4-11-8;1-2-14-9(13)7-5-6(8(11)12)3-4-10-7;1-2/h3-6H,1-2H3,(H,12,13);3-5H,2H2,1H3,(H,11,12);1-2H3. The van der Waals surface area contributed by atoms with Crippen LogP contribution in [0.2, 0.25) is 0 Å². The molecule has 0 saturated heterocycles. The predicted molar refractivity (Wildman–Crippen MR) is 110 cm³/mol. The molecule has 31 heavy (non-hydrogen) atoms. The van der Waals surface area contributed by atoms with E-state index in [1.165, 1.54) is 36.7 Å². The maximum absolute atomic E-state index is 11.4. The SMILES string of the molecule is CC.CC(C)OC(=O)c1cc(C(=O)O)ccn1.CCOC(=O)c1cc(C(=O)O)ccn1. The van der Waals surface area contributed by atoms with E-state index in [0.29, 0.717) is 0 Å². The van der Waals surface area contributed by atoms with Crippen molar-refractivity contribution in [1.82, 2.24) is 9.97 Å². The number of carboxylic acid groups (broad SMARTS) is 2. The van der Waals surface area contributed by atoms with E-state index in [2.05, 4.69) is 14.7 Å². The fraction of sp³-hybridized carbons (Fsp3) is 0.333. The third-order valence-corrected chi connectivity index (χ3v) is 3.05. The molecule has 0 amide bonds. The highest BCUT2D eigenvalue weighted by Crippen LogP contribution is 2.05. The van der Waals surface area contributed by atoms with Crippen molar-refractivity contribution < 1.29 is 38.9 Å². The summed E-state index contributed by atoms with van der Waals surface area (Å²) in [6, 6.07) is 4.99. The molecule has 0 unspecified atom stereocenters. The first-order valence-corrected chi connectivity index (χ1v) is 9.42. The van der Waals surface area contributed by atoms with E-state index in [-0.39, 0.29) is 35.2 Å². The lowest BCUT2D eigenvalue weighted by molar-refractivity contribution is 0.0370. The fourth-order valence-corrected chi connectivity index (χ4v) is 1.83. The number of aromatic nitrogens is 2. The van der Waals surface area contributed by atoms with Crippen LogP contribution in [0.4, 0.5) is 0 Å². The number of pyridine rings is 2. The van der Waals surface area contributed by atoms with Crippen molar-refractivity contribution in [3.8, 4) is 0 Å². The highest BCUT2D eigenvalue weighted by Gasteiger charge is 2.13. The number of nitrogens with zero attached hydrogens (tertiary/aromatic N) is 2. The molecule has 2 heterocycles. The smallest absolute Gasteiger partial charge is 0.357 e. The molecule has 168 valence electrons. The first-order chi connectivity index (χ1) is 14.6. The Hall–Kier alpha value is -3.82. The van der Waals surface area contributed by atoms with E-state index >= 15 is 0 Å². The van der Waals surface area contributed by atoms with Crippen LogP contribution in [0.15, 0.2) is 36.7 Å². The number of carboxylic acids is 2. The first kappa shape index (κ1) is 27.2. The van der Waals surface area contributed by atoms with Gasteiger partial charge in [-0.15, -0.1) is 0 Å². The molecule has 10 heteroatoms. The number of hydrogen-bond acceptors (Lipinski definition) is 8. The quantitative estimate of drug-likeness (QED) is 0.647. The highest BCUT2D eigenvalue weighted by atomic mass is 16.5. The topological polar surface area (TPSA) is 153 Å². The fourth-order valence-electron chi connectivity index (χ4n) is 1.83. The third kappa shape index (κ3) is 9.97. The van der Waals surface area contributed by atoms with Crippen molar-refractivity contribution in [3.63, 3.8) is 0 Å². The van der Waals surface area contributed by atoms with Gasteiger partial charge in [-0.1, -0.05) is 13.8 Å². The molecule has 0 saturated carbocycles. The van der Waals surface area contributed by atoms with Gasteiger partial charge in [-0.3, -0.25) is 0 Å². The summed E-state index contributed by atoms with van der Waals surface area (Å²) in [6.45, 7) is 9.31. The molecule has 2 rings (SSSR count). The number of esters is 2. The van der Waals surface area contributed by atoms with Crippen molar-refractivity contribution in [3.05, 3.63) is 59.2 Å². The summed E-state index contributed by atoms with van der Waals surface area (Å²) >= 11 is 0. The Bertz CT molecular complexity index is 896. The van der Waals surface area contributed by atoms with Gasteiger partial charge in [0.15, 0.2) is 0 Å². The zero-order chi connectivity index (χ0) is 24.0. The summed E-state index contributed by atoms with van der Waals surface area (Å²) in [7, 11) is 0. The van der Waals surface area contributed by atoms with E-state index in [4.69, 9.17) is 14.9 Å². The van der Waals surface area contributed by atoms with Crippen molar-refractivity contribution in [1.29, 1.82) is 0 Å². The second kappa shape index (κ2) is 14.2. The van der Waals surface area contributed by atoms with Crippen LogP contribution in [0.3, 0.4) is 0 Å². The van der Waals surface area contributed by atoms with Crippen molar-refractivity contribution in [2.24, 2.45) is 0 Å². The molecule has 2 aromatic rings. The molecular weight excluding hydrogens is 408 g/mol. The average Bonchev–Trinajstić information content (AvgIpc) is 2.75. The zero-order valence-corrected chi connectivity index (χ0v) is 18.0. The van der Waals surface area contributed by atoms with Gasteiger partial charge in [-0.2, -0.15) is 0 Å². The van der Waals surface area contributed by atoms with E-state index in [9.17, 15) is 19.2 Å². The summed E-state index contributed by atoms with van der Waals surface area (Å²) in [5.74, 6) is -3.43. The molecule has 0 aliphatic heterocycles. The Balaban J connectivity index is 0.000000539. The largest absolute Gasteiger partial charge is 0.478 e. The normalized spacial score (nSPS) is 9.35. The van der Waals surface area contributed by atoms with Gasteiger partial charge in [0.2, 0.25) is 0 Å². The van der Waals surface area contributed by atoms with E-state index in [0.717, 1.165) is 0 Å². The molecule has 0 fully saturated rings. The molecule has 0 aliphatic rings. The zero-order valence-electron chi connectivity index (χ0n) is 18.0. The van der Waals surface area contributed by atoms with Crippen molar-refractivity contribution in [2.75, 3.05) is 6.61 Å². The summed E-state index contributed by atoms with van der Waals surface area (Å²) in [6.07, 6.45) is 2.27. The molecule has 0 aromatic carbocycles.